The van der Waals surface area contributed by atoms with Gasteiger partial charge in [-0.25, -0.2) is 0 Å². The number of allylic oxidation sites excluding steroid dienone is 2. The number of methoxy groups -OCH3 is 1. The van der Waals surface area contributed by atoms with Crippen LogP contribution in [0.2, 0.25) is 0 Å². The maximum atomic E-state index is 11.0. The number of phenols is 1. The quantitative estimate of drug-likeness (QED) is 0.493. The molecular weight excluding hydrogens is 460 g/mol. The Hall–Kier alpha value is -2.58. The molecular formula is C29H38O7. The number of hydrogen-bond acceptors (Lipinski definition) is 7. The minimum atomic E-state index is -1.45. The van der Waals surface area contributed by atoms with Crippen LogP contribution < -0.4 is 9.47 Å². The van der Waals surface area contributed by atoms with E-state index in [1.54, 1.807) is 27.0 Å². The summed E-state index contributed by atoms with van der Waals surface area (Å²) in [4.78, 5) is 0. The Morgan fingerprint density at radius 1 is 1.25 bits per heavy atom. The van der Waals surface area contributed by atoms with E-state index >= 15 is 0 Å². The van der Waals surface area contributed by atoms with Crippen molar-refractivity contribution in [3.05, 3.63) is 63.7 Å². The average Bonchev–Trinajstić information content (AvgIpc) is 3.12. The van der Waals surface area contributed by atoms with Crippen molar-refractivity contribution < 1.29 is 33.9 Å². The summed E-state index contributed by atoms with van der Waals surface area (Å²) in [5, 5.41) is 21.7. The van der Waals surface area contributed by atoms with Gasteiger partial charge in [-0.05, 0) is 84.2 Å². The van der Waals surface area contributed by atoms with E-state index in [2.05, 4.69) is 6.08 Å². The van der Waals surface area contributed by atoms with Gasteiger partial charge in [0.05, 0.1) is 22.8 Å². The van der Waals surface area contributed by atoms with Crippen LogP contribution in [0.25, 0.3) is 0 Å². The highest BCUT2D eigenvalue weighted by atomic mass is 16.8. The standard InChI is InChI=1S/C29H38O7/c1-16(2)9-10-19-11-12-21(30)24-25(19)29(32-8,36-27(24)34-17(3)4)20-13-18(5)14-22-26(20)35-23(15-33-22)28(6,7)31/h9,11-14,17,23,27,30-31H,10,15H2,1-8H3/t23-,27+,29+/m0/s1. The number of fused-ring (bicyclic) bond motifs is 2. The van der Waals surface area contributed by atoms with Crippen LogP contribution in [0.4, 0.5) is 0 Å². The van der Waals surface area contributed by atoms with Crippen LogP contribution in [-0.2, 0) is 26.4 Å². The maximum Gasteiger partial charge on any atom is 0.229 e. The third-order valence-electron chi connectivity index (χ3n) is 6.55. The van der Waals surface area contributed by atoms with Crippen molar-refractivity contribution >= 4 is 0 Å². The maximum absolute atomic E-state index is 11.0. The second-order valence-corrected chi connectivity index (χ2v) is 10.7. The molecule has 36 heavy (non-hydrogen) atoms. The molecule has 3 atom stereocenters. The lowest BCUT2D eigenvalue weighted by Crippen LogP contribution is -2.47. The minimum absolute atomic E-state index is 0.0728. The van der Waals surface area contributed by atoms with Crippen molar-refractivity contribution in [2.75, 3.05) is 13.7 Å². The summed E-state index contributed by atoms with van der Waals surface area (Å²) in [5.74, 6) is -0.386. The molecule has 0 aliphatic carbocycles. The number of rotatable bonds is 7. The molecule has 0 fully saturated rings. The first kappa shape index (κ1) is 26.5. The van der Waals surface area contributed by atoms with Crippen LogP contribution in [0.3, 0.4) is 0 Å². The second-order valence-electron chi connectivity index (χ2n) is 10.7. The number of aliphatic hydroxyl groups is 1. The summed E-state index contributed by atoms with van der Waals surface area (Å²) in [7, 11) is 1.57. The van der Waals surface area contributed by atoms with E-state index in [1.807, 2.05) is 52.8 Å². The minimum Gasteiger partial charge on any atom is -0.507 e. The lowest BCUT2D eigenvalue weighted by Gasteiger charge is -2.38. The third kappa shape index (κ3) is 4.73. The highest BCUT2D eigenvalue weighted by Crippen LogP contribution is 2.57. The van der Waals surface area contributed by atoms with Gasteiger partial charge in [0, 0.05) is 12.7 Å². The number of aryl methyl sites for hydroxylation is 1. The zero-order chi connectivity index (χ0) is 26.4. The first-order chi connectivity index (χ1) is 16.9. The number of phenolic OH excluding ortho intramolecular Hbond substituents is 1. The molecule has 7 nitrogen and oxygen atoms in total. The molecule has 4 rings (SSSR count). The number of hydrogen-bond donors (Lipinski definition) is 2. The Balaban J connectivity index is 1.99. The molecule has 0 radical (unpaired) electrons. The third-order valence-corrected chi connectivity index (χ3v) is 6.55. The van der Waals surface area contributed by atoms with Crippen molar-refractivity contribution in [1.82, 2.24) is 0 Å². The van der Waals surface area contributed by atoms with Gasteiger partial charge >= 0.3 is 0 Å². The Morgan fingerprint density at radius 3 is 2.58 bits per heavy atom. The van der Waals surface area contributed by atoms with E-state index in [0.29, 0.717) is 34.6 Å². The predicted octanol–water partition coefficient (Wildman–Crippen LogP) is 5.42. The predicted molar refractivity (Wildman–Crippen MR) is 136 cm³/mol. The molecule has 2 N–H and O–H groups in total. The van der Waals surface area contributed by atoms with E-state index in [-0.39, 0.29) is 18.5 Å². The van der Waals surface area contributed by atoms with Crippen LogP contribution in [0.5, 0.6) is 17.2 Å². The van der Waals surface area contributed by atoms with Crippen LogP contribution in [0.1, 0.15) is 75.6 Å². The molecule has 2 heterocycles. The molecule has 7 heteroatoms. The summed E-state index contributed by atoms with van der Waals surface area (Å²) < 4.78 is 31.4. The lowest BCUT2D eigenvalue weighted by molar-refractivity contribution is -0.282. The van der Waals surface area contributed by atoms with Gasteiger partial charge in [0.15, 0.2) is 23.9 Å². The zero-order valence-corrected chi connectivity index (χ0v) is 22.5. The van der Waals surface area contributed by atoms with E-state index in [4.69, 9.17) is 23.7 Å². The van der Waals surface area contributed by atoms with Gasteiger partial charge in [-0.15, -0.1) is 0 Å². The van der Waals surface area contributed by atoms with Crippen molar-refractivity contribution in [3.8, 4) is 17.2 Å². The molecule has 0 unspecified atom stereocenters. The molecule has 0 bridgehead atoms. The van der Waals surface area contributed by atoms with Gasteiger partial charge in [-0.2, -0.15) is 0 Å². The van der Waals surface area contributed by atoms with Crippen LogP contribution in [-0.4, -0.2) is 41.7 Å². The molecule has 0 amide bonds. The average molecular weight is 499 g/mol. The SMILES string of the molecule is CO[C@]1(c2cc(C)cc3c2O[C@H](C(C)(C)O)CO3)O[C@@H](OC(C)C)c2c(O)ccc(CC=C(C)C)c21. The topological polar surface area (TPSA) is 86.6 Å². The second kappa shape index (κ2) is 9.71. The van der Waals surface area contributed by atoms with Gasteiger partial charge in [-0.3, -0.25) is 0 Å². The summed E-state index contributed by atoms with van der Waals surface area (Å²) >= 11 is 0. The number of aromatic hydroxyl groups is 1. The van der Waals surface area contributed by atoms with Gasteiger partial charge < -0.3 is 33.9 Å². The fourth-order valence-electron chi connectivity index (χ4n) is 4.74. The Labute approximate surface area is 213 Å². The summed E-state index contributed by atoms with van der Waals surface area (Å²) in [6.45, 7) is 13.5. The van der Waals surface area contributed by atoms with Crippen molar-refractivity contribution in [2.45, 2.75) is 84.8 Å². The number of benzene rings is 2. The van der Waals surface area contributed by atoms with Crippen molar-refractivity contribution in [3.63, 3.8) is 0 Å². The van der Waals surface area contributed by atoms with Crippen LogP contribution in [0.15, 0.2) is 35.9 Å². The van der Waals surface area contributed by atoms with E-state index in [9.17, 15) is 10.2 Å². The summed E-state index contributed by atoms with van der Waals surface area (Å²) in [5.41, 5.74) is 3.72. The van der Waals surface area contributed by atoms with Crippen molar-refractivity contribution in [2.24, 2.45) is 0 Å². The molecule has 2 aliphatic heterocycles. The molecule has 0 aromatic heterocycles. The molecule has 2 aromatic rings. The van der Waals surface area contributed by atoms with Gasteiger partial charge in [-0.1, -0.05) is 17.7 Å². The highest BCUT2D eigenvalue weighted by molar-refractivity contribution is 5.60. The molecule has 0 saturated heterocycles. The van der Waals surface area contributed by atoms with Crippen LogP contribution >= 0.6 is 0 Å². The highest BCUT2D eigenvalue weighted by Gasteiger charge is 2.53. The van der Waals surface area contributed by atoms with Gasteiger partial charge in [0.1, 0.15) is 12.4 Å². The first-order valence-electron chi connectivity index (χ1n) is 12.4. The fourth-order valence-corrected chi connectivity index (χ4v) is 4.74. The molecule has 196 valence electrons. The Morgan fingerprint density at radius 2 is 1.97 bits per heavy atom. The zero-order valence-electron chi connectivity index (χ0n) is 22.5. The Kier molecular flexibility index (Phi) is 7.14. The normalized spacial score (nSPS) is 23.1. The molecule has 2 aromatic carbocycles. The first-order valence-corrected chi connectivity index (χ1v) is 12.4. The van der Waals surface area contributed by atoms with E-state index < -0.39 is 23.8 Å². The van der Waals surface area contributed by atoms with Gasteiger partial charge in [0.2, 0.25) is 5.79 Å². The molecule has 0 spiro atoms. The molecule has 0 saturated carbocycles. The largest absolute Gasteiger partial charge is 0.507 e. The van der Waals surface area contributed by atoms with E-state index in [0.717, 1.165) is 11.1 Å². The summed E-state index contributed by atoms with van der Waals surface area (Å²) in [6, 6.07) is 7.40. The fraction of sp³-hybridized carbons (Fsp3) is 0.517. The lowest BCUT2D eigenvalue weighted by atomic mass is 9.87. The number of ether oxygens (including phenoxy) is 5. The van der Waals surface area contributed by atoms with Crippen LogP contribution in [0, 0.1) is 6.92 Å². The summed E-state index contributed by atoms with van der Waals surface area (Å²) in [6.07, 6.45) is 1.11. The molecule has 2 aliphatic rings. The van der Waals surface area contributed by atoms with Crippen molar-refractivity contribution in [1.29, 1.82) is 0 Å². The smallest absolute Gasteiger partial charge is 0.229 e. The van der Waals surface area contributed by atoms with Gasteiger partial charge in [0.25, 0.3) is 0 Å². The van der Waals surface area contributed by atoms with E-state index in [1.165, 1.54) is 5.57 Å². The monoisotopic (exact) mass is 498 g/mol. The Bertz CT molecular complexity index is 1160.